The molecule has 1 aliphatic heterocycles. The lowest BCUT2D eigenvalue weighted by Crippen LogP contribution is -2.27. The fraction of sp³-hybridized carbons (Fsp3) is 0.0800. The molecule has 1 aliphatic rings. The highest BCUT2D eigenvalue weighted by Gasteiger charge is 2.36. The molecule has 3 aromatic carbocycles. The summed E-state index contributed by atoms with van der Waals surface area (Å²) in [4.78, 5) is 38.7. The summed E-state index contributed by atoms with van der Waals surface area (Å²) in [5.74, 6) is -0.630. The number of imide groups is 1. The number of rotatable bonds is 7. The molecule has 3 aromatic rings. The summed E-state index contributed by atoms with van der Waals surface area (Å²) in [6.45, 7) is -0.299. The van der Waals surface area contributed by atoms with Gasteiger partial charge in [0.1, 0.15) is 5.82 Å². The monoisotopic (exact) mass is 512 g/mol. The average Bonchev–Trinajstić information content (AvgIpc) is 3.12. The van der Waals surface area contributed by atoms with E-state index in [-0.39, 0.29) is 11.5 Å². The van der Waals surface area contributed by atoms with E-state index >= 15 is 0 Å². The number of hydrogen-bond acceptors (Lipinski definition) is 6. The summed E-state index contributed by atoms with van der Waals surface area (Å²) < 4.78 is 23.9. The molecule has 10 heteroatoms. The highest BCUT2D eigenvalue weighted by molar-refractivity contribution is 8.19. The van der Waals surface area contributed by atoms with Gasteiger partial charge >= 0.3 is 0 Å². The molecule has 0 bridgehead atoms. The third-order valence-corrected chi connectivity index (χ3v) is 5.97. The van der Waals surface area contributed by atoms with Crippen molar-refractivity contribution in [3.63, 3.8) is 0 Å². The van der Waals surface area contributed by atoms with Crippen molar-refractivity contribution in [2.45, 2.75) is 0 Å². The van der Waals surface area contributed by atoms with Crippen LogP contribution >= 0.6 is 23.4 Å². The Balaban J connectivity index is 1.44. The molecule has 0 saturated carbocycles. The van der Waals surface area contributed by atoms with Crippen LogP contribution in [0.25, 0.3) is 6.08 Å². The Morgan fingerprint density at radius 2 is 1.77 bits per heavy atom. The molecule has 4 rings (SSSR count). The van der Waals surface area contributed by atoms with E-state index in [1.807, 2.05) is 0 Å². The van der Waals surface area contributed by atoms with Crippen molar-refractivity contribution >= 4 is 57.9 Å². The Bertz CT molecular complexity index is 1310. The molecule has 0 aromatic heterocycles. The van der Waals surface area contributed by atoms with Gasteiger partial charge in [-0.05, 0) is 84.1 Å². The van der Waals surface area contributed by atoms with Gasteiger partial charge in [0, 0.05) is 10.7 Å². The Labute approximate surface area is 209 Å². The molecule has 1 saturated heterocycles. The van der Waals surface area contributed by atoms with Crippen molar-refractivity contribution in [1.82, 2.24) is 0 Å². The number of thioether (sulfide) groups is 1. The molecule has 7 nitrogen and oxygen atoms in total. The molecule has 0 unspecified atom stereocenters. The zero-order valence-electron chi connectivity index (χ0n) is 18.3. The first-order valence-corrected chi connectivity index (χ1v) is 11.4. The second-order valence-electron chi connectivity index (χ2n) is 7.25. The van der Waals surface area contributed by atoms with Gasteiger partial charge in [-0.3, -0.25) is 14.4 Å². The van der Waals surface area contributed by atoms with Gasteiger partial charge in [0.05, 0.1) is 17.7 Å². The lowest BCUT2D eigenvalue weighted by Gasteiger charge is -2.12. The summed E-state index contributed by atoms with van der Waals surface area (Å²) >= 11 is 6.71. The number of methoxy groups -OCH3 is 1. The van der Waals surface area contributed by atoms with Gasteiger partial charge in [0.2, 0.25) is 0 Å². The number of anilines is 2. The third kappa shape index (κ3) is 5.82. The van der Waals surface area contributed by atoms with Crippen LogP contribution in [0, 0.1) is 5.82 Å². The fourth-order valence-corrected chi connectivity index (χ4v) is 4.17. The van der Waals surface area contributed by atoms with Crippen LogP contribution in [0.15, 0.2) is 71.6 Å². The predicted molar refractivity (Wildman–Crippen MR) is 133 cm³/mol. The number of carbonyl (C=O) groups excluding carboxylic acids is 3. The van der Waals surface area contributed by atoms with Gasteiger partial charge in [-0.2, -0.15) is 0 Å². The SMILES string of the molecule is COc1cc(/C=C2/SC(=O)N(c3ccc(Cl)cc3)C2=O)ccc1OCC(=O)Nc1ccc(F)cc1. The maximum Gasteiger partial charge on any atom is 0.298 e. The van der Waals surface area contributed by atoms with Crippen molar-refractivity contribution in [1.29, 1.82) is 0 Å². The van der Waals surface area contributed by atoms with Gasteiger partial charge in [0.15, 0.2) is 18.1 Å². The zero-order valence-corrected chi connectivity index (χ0v) is 19.9. The standard InChI is InChI=1S/C25H18ClFN2O5S/c1-33-21-12-15(2-11-20(21)34-14-23(30)28-18-7-5-17(27)6-8-18)13-22-24(31)29(25(32)35-22)19-9-3-16(26)4-10-19/h2-13H,14H2,1H3,(H,28,30)/b22-13+. The van der Waals surface area contributed by atoms with Crippen LogP contribution in [0.2, 0.25) is 5.02 Å². The average molecular weight is 513 g/mol. The van der Waals surface area contributed by atoms with Gasteiger partial charge < -0.3 is 14.8 Å². The van der Waals surface area contributed by atoms with E-state index in [0.717, 1.165) is 16.7 Å². The summed E-state index contributed by atoms with van der Waals surface area (Å²) in [5.41, 5.74) is 1.47. The van der Waals surface area contributed by atoms with Crippen LogP contribution < -0.4 is 19.7 Å². The lowest BCUT2D eigenvalue weighted by atomic mass is 10.2. The minimum absolute atomic E-state index is 0.249. The molecule has 0 atom stereocenters. The van der Waals surface area contributed by atoms with E-state index in [0.29, 0.717) is 33.5 Å². The van der Waals surface area contributed by atoms with Gasteiger partial charge in [-0.15, -0.1) is 0 Å². The highest BCUT2D eigenvalue weighted by atomic mass is 35.5. The number of nitrogens with one attached hydrogen (secondary N) is 1. The van der Waals surface area contributed by atoms with E-state index in [4.69, 9.17) is 21.1 Å². The highest BCUT2D eigenvalue weighted by Crippen LogP contribution is 2.37. The Morgan fingerprint density at radius 1 is 1.06 bits per heavy atom. The van der Waals surface area contributed by atoms with E-state index in [1.54, 1.807) is 48.5 Å². The van der Waals surface area contributed by atoms with Crippen LogP contribution in [0.1, 0.15) is 5.56 Å². The number of nitrogens with zero attached hydrogens (tertiary/aromatic N) is 1. The molecule has 1 heterocycles. The van der Waals surface area contributed by atoms with Gasteiger partial charge in [-0.1, -0.05) is 17.7 Å². The minimum atomic E-state index is -0.445. The predicted octanol–water partition coefficient (Wildman–Crippen LogP) is 5.75. The number of carbonyl (C=O) groups is 3. The van der Waals surface area contributed by atoms with Crippen LogP contribution in [0.4, 0.5) is 20.6 Å². The molecule has 3 amide bonds. The normalized spacial score (nSPS) is 14.4. The maximum atomic E-state index is 13.0. The van der Waals surface area contributed by atoms with Crippen LogP contribution in [-0.2, 0) is 9.59 Å². The number of hydrogen-bond donors (Lipinski definition) is 1. The molecule has 0 radical (unpaired) electrons. The zero-order chi connectivity index (χ0) is 24.9. The first-order chi connectivity index (χ1) is 16.8. The molecule has 35 heavy (non-hydrogen) atoms. The molecule has 1 fully saturated rings. The number of benzene rings is 3. The van der Waals surface area contributed by atoms with E-state index < -0.39 is 22.9 Å². The quantitative estimate of drug-likeness (QED) is 0.406. The van der Waals surface area contributed by atoms with E-state index in [9.17, 15) is 18.8 Å². The van der Waals surface area contributed by atoms with E-state index in [2.05, 4.69) is 5.32 Å². The van der Waals surface area contributed by atoms with Crippen molar-refractivity contribution in [2.24, 2.45) is 0 Å². The summed E-state index contributed by atoms with van der Waals surface area (Å²) in [6, 6.07) is 16.7. The number of amides is 3. The molecule has 1 N–H and O–H groups in total. The number of halogens is 2. The third-order valence-electron chi connectivity index (χ3n) is 4.85. The summed E-state index contributed by atoms with van der Waals surface area (Å²) in [5, 5.41) is 2.69. The van der Waals surface area contributed by atoms with Gasteiger partial charge in [0.25, 0.3) is 17.1 Å². The molecular weight excluding hydrogens is 495 g/mol. The van der Waals surface area contributed by atoms with Crippen LogP contribution in [0.5, 0.6) is 11.5 Å². The van der Waals surface area contributed by atoms with E-state index in [1.165, 1.54) is 31.4 Å². The molecule has 0 spiro atoms. The summed E-state index contributed by atoms with van der Waals surface area (Å²) in [7, 11) is 1.44. The summed E-state index contributed by atoms with van der Waals surface area (Å²) in [6.07, 6.45) is 1.58. The minimum Gasteiger partial charge on any atom is -0.493 e. The fourth-order valence-electron chi connectivity index (χ4n) is 3.20. The smallest absolute Gasteiger partial charge is 0.298 e. The second kappa shape index (κ2) is 10.6. The van der Waals surface area contributed by atoms with Crippen molar-refractivity contribution in [3.05, 3.63) is 88.0 Å². The largest absolute Gasteiger partial charge is 0.493 e. The Morgan fingerprint density at radius 3 is 2.46 bits per heavy atom. The Kier molecular flexibility index (Phi) is 7.38. The molecule has 0 aliphatic carbocycles. The van der Waals surface area contributed by atoms with Crippen LogP contribution in [0.3, 0.4) is 0 Å². The molecule has 178 valence electrons. The van der Waals surface area contributed by atoms with Gasteiger partial charge in [-0.25, -0.2) is 9.29 Å². The lowest BCUT2D eigenvalue weighted by molar-refractivity contribution is -0.118. The second-order valence-corrected chi connectivity index (χ2v) is 8.68. The topological polar surface area (TPSA) is 84.9 Å². The maximum absolute atomic E-state index is 13.0. The van der Waals surface area contributed by atoms with Crippen LogP contribution in [-0.4, -0.2) is 30.8 Å². The first-order valence-electron chi connectivity index (χ1n) is 10.2. The van der Waals surface area contributed by atoms with Crippen molar-refractivity contribution in [3.8, 4) is 11.5 Å². The number of ether oxygens (including phenoxy) is 2. The Hall–Kier alpha value is -3.82. The van der Waals surface area contributed by atoms with Crippen molar-refractivity contribution in [2.75, 3.05) is 23.9 Å². The molecular formula is C25H18ClFN2O5S. The van der Waals surface area contributed by atoms with Crippen molar-refractivity contribution < 1.29 is 28.2 Å². The first kappa shape index (κ1) is 24.3.